The maximum Gasteiger partial charge on any atom is 0.102 e. The average Bonchev–Trinajstić information content (AvgIpc) is 2.64. The van der Waals surface area contributed by atoms with Gasteiger partial charge < -0.3 is 17.6 Å². The smallest absolute Gasteiger partial charge is 0.102 e. The van der Waals surface area contributed by atoms with Gasteiger partial charge in [0.25, 0.3) is 0 Å². The van der Waals surface area contributed by atoms with E-state index in [4.69, 9.17) is 10.2 Å². The minimum Gasteiger partial charge on any atom is -0.393 e. The van der Waals surface area contributed by atoms with E-state index in [1.165, 1.54) is 15.9 Å². The van der Waals surface area contributed by atoms with E-state index in [-0.39, 0.29) is 36.1 Å². The van der Waals surface area contributed by atoms with Crippen molar-refractivity contribution in [1.82, 2.24) is 0 Å². The minimum atomic E-state index is -0.877. The molecule has 0 aromatic heterocycles. The van der Waals surface area contributed by atoms with Gasteiger partial charge in [0.05, 0.1) is 20.1 Å². The van der Waals surface area contributed by atoms with Gasteiger partial charge >= 0.3 is 0 Å². The number of benzene rings is 3. The van der Waals surface area contributed by atoms with E-state index >= 15 is 0 Å². The summed E-state index contributed by atoms with van der Waals surface area (Å²) in [7, 11) is -0.877. The molecule has 0 bridgehead atoms. The number of aliphatic hydroxyl groups excluding tert-OH is 2. The van der Waals surface area contributed by atoms with E-state index in [9.17, 15) is 0 Å². The second-order valence-electron chi connectivity index (χ2n) is 6.41. The number of rotatable bonds is 5. The molecule has 0 saturated heterocycles. The first-order valence-electron chi connectivity index (χ1n) is 8.97. The fourth-order valence-electron chi connectivity index (χ4n) is 2.81. The van der Waals surface area contributed by atoms with Crippen LogP contribution in [0, 0.1) is 7.43 Å². The molecule has 28 heavy (non-hydrogen) atoms. The summed E-state index contributed by atoms with van der Waals surface area (Å²) in [6, 6.07) is 32.5. The van der Waals surface area contributed by atoms with Crippen molar-refractivity contribution in [3.8, 4) is 0 Å². The Morgan fingerprint density at radius 3 is 1.04 bits per heavy atom. The summed E-state index contributed by atoms with van der Waals surface area (Å²) >= 11 is 0. The molecule has 0 aliphatic heterocycles. The first kappa shape index (κ1) is 26.5. The van der Waals surface area contributed by atoms with Crippen molar-refractivity contribution in [3.05, 3.63) is 98.4 Å². The summed E-state index contributed by atoms with van der Waals surface area (Å²) in [5.74, 6) is 0. The molecule has 0 aliphatic carbocycles. The predicted molar refractivity (Wildman–Crippen MR) is 121 cm³/mol. The first-order valence-corrected chi connectivity index (χ1v) is 10.5. The second-order valence-corrected chi connectivity index (χ2v) is 8.89. The van der Waals surface area contributed by atoms with Crippen LogP contribution in [0.15, 0.2) is 91.0 Å². The van der Waals surface area contributed by atoms with Gasteiger partial charge in [-0.2, -0.15) is 0 Å². The number of hydrogen-bond acceptors (Lipinski definition) is 2. The Kier molecular flexibility index (Phi) is 13.7. The molecule has 2 N–H and O–H groups in total. The Hall–Kier alpha value is -1.50. The van der Waals surface area contributed by atoms with Crippen LogP contribution in [0.2, 0.25) is 0 Å². The Bertz CT molecular complexity index is 634. The van der Waals surface area contributed by atoms with Crippen molar-refractivity contribution < 1.29 is 26.7 Å². The number of aliphatic hydroxyl groups is 2. The van der Waals surface area contributed by atoms with Crippen molar-refractivity contribution in [3.63, 3.8) is 0 Å². The molecule has 0 fully saturated rings. The monoisotopic (exact) mass is 440 g/mol. The molecule has 0 radical (unpaired) electrons. The maximum atomic E-state index is 8.56. The van der Waals surface area contributed by atoms with E-state index in [0.29, 0.717) is 6.42 Å². The Morgan fingerprint density at radius 1 is 0.607 bits per heavy atom. The zero-order chi connectivity index (χ0) is 18.8. The van der Waals surface area contributed by atoms with Crippen LogP contribution in [0.25, 0.3) is 0 Å². The fraction of sp³-hybridized carbons (Fsp3) is 0.208. The van der Waals surface area contributed by atoms with Crippen molar-refractivity contribution in [2.45, 2.75) is 32.5 Å². The molecule has 154 valence electrons. The fourth-order valence-corrected chi connectivity index (χ4v) is 5.39. The van der Waals surface area contributed by atoms with E-state index in [2.05, 4.69) is 91.0 Å². The van der Waals surface area contributed by atoms with E-state index < -0.39 is 7.92 Å². The third-order valence-electron chi connectivity index (χ3n) is 3.87. The van der Waals surface area contributed by atoms with Crippen LogP contribution in [0.3, 0.4) is 0 Å². The van der Waals surface area contributed by atoms with Crippen LogP contribution < -0.4 is 15.9 Å². The van der Waals surface area contributed by atoms with Crippen molar-refractivity contribution in [1.29, 1.82) is 0 Å². The van der Waals surface area contributed by atoms with Gasteiger partial charge in [-0.25, -0.2) is 0 Å². The van der Waals surface area contributed by atoms with Gasteiger partial charge in [-0.1, -0.05) is 54.6 Å². The zero-order valence-electron chi connectivity index (χ0n) is 16.7. The van der Waals surface area contributed by atoms with Gasteiger partial charge in [-0.3, -0.25) is 0 Å². The topological polar surface area (TPSA) is 40.5 Å². The van der Waals surface area contributed by atoms with E-state index in [1.54, 1.807) is 13.8 Å². The maximum absolute atomic E-state index is 8.56. The van der Waals surface area contributed by atoms with Crippen LogP contribution >= 0.6 is 7.92 Å². The molecule has 0 amide bonds. The standard InChI is InChI=1S/C18H15P.C5H12O2.CH3.Ni/c1-4-10-16(11-5-1)19(17-12-6-2-7-13-17)18-14-8-3-9-15-18;1-4(6)3-5(2)7;;/h1-15H;4-7H,3H2,1-2H3;1H3;/q;;-1;/p+1. The third kappa shape index (κ3) is 9.13. The average molecular weight is 441 g/mol. The summed E-state index contributed by atoms with van der Waals surface area (Å²) < 4.78 is 0. The van der Waals surface area contributed by atoms with Crippen molar-refractivity contribution >= 4 is 23.8 Å². The van der Waals surface area contributed by atoms with Crippen LogP contribution in [0.4, 0.5) is 0 Å². The first-order chi connectivity index (χ1) is 12.6. The molecular formula is C24H31NiO2P. The Balaban J connectivity index is 0.000000707. The summed E-state index contributed by atoms with van der Waals surface area (Å²) in [6.07, 6.45) is -0.278. The van der Waals surface area contributed by atoms with Gasteiger partial charge in [0.2, 0.25) is 0 Å². The van der Waals surface area contributed by atoms with Crippen LogP contribution in [-0.2, 0) is 16.5 Å². The summed E-state index contributed by atoms with van der Waals surface area (Å²) in [6.45, 7) is 3.32. The molecule has 0 aliphatic rings. The molecule has 2 unspecified atom stereocenters. The molecular weight excluding hydrogens is 410 g/mol. The van der Waals surface area contributed by atoms with Gasteiger partial charge in [0.15, 0.2) is 0 Å². The Labute approximate surface area is 181 Å². The van der Waals surface area contributed by atoms with Gasteiger partial charge in [-0.05, 0) is 56.7 Å². The normalized spacial score (nSPS) is 11.9. The molecule has 0 saturated carbocycles. The molecule has 3 aromatic carbocycles. The summed E-state index contributed by atoms with van der Waals surface area (Å²) in [4.78, 5) is 0. The van der Waals surface area contributed by atoms with Gasteiger partial charge in [0.1, 0.15) is 15.9 Å². The van der Waals surface area contributed by atoms with Crippen LogP contribution in [-0.4, -0.2) is 22.4 Å². The quantitative estimate of drug-likeness (QED) is 0.360. The Morgan fingerprint density at radius 2 is 0.857 bits per heavy atom. The molecule has 3 rings (SSSR count). The van der Waals surface area contributed by atoms with Gasteiger partial charge in [-0.15, -0.1) is 0 Å². The molecule has 2 nitrogen and oxygen atoms in total. The predicted octanol–water partition coefficient (Wildman–Crippen LogP) is 3.76. The molecule has 3 aromatic rings. The van der Waals surface area contributed by atoms with E-state index in [0.717, 1.165) is 0 Å². The van der Waals surface area contributed by atoms with Crippen molar-refractivity contribution in [2.24, 2.45) is 0 Å². The van der Waals surface area contributed by atoms with E-state index in [1.807, 2.05) is 0 Å². The summed E-state index contributed by atoms with van der Waals surface area (Å²) in [5, 5.41) is 21.4. The second kappa shape index (κ2) is 14.5. The summed E-state index contributed by atoms with van der Waals surface area (Å²) in [5.41, 5.74) is 0. The minimum absolute atomic E-state index is 0. The zero-order valence-corrected chi connectivity index (χ0v) is 18.7. The third-order valence-corrected chi connectivity index (χ3v) is 6.60. The SMILES string of the molecule is CC(O)CC(C)O.[CH3-].[Ni].c1ccc([PH+](c2ccccc2)c2ccccc2)cc1. The largest absolute Gasteiger partial charge is 0.393 e. The van der Waals surface area contributed by atoms with Gasteiger partial charge in [0, 0.05) is 16.5 Å². The van der Waals surface area contributed by atoms with Crippen LogP contribution in [0.1, 0.15) is 20.3 Å². The van der Waals surface area contributed by atoms with Crippen LogP contribution in [0.5, 0.6) is 0 Å². The number of hydrogen-bond donors (Lipinski definition) is 2. The molecule has 4 heteroatoms. The molecule has 0 heterocycles. The molecule has 2 atom stereocenters. The van der Waals surface area contributed by atoms with Crippen molar-refractivity contribution in [2.75, 3.05) is 0 Å². The molecule has 0 spiro atoms.